The Labute approximate surface area is 120 Å². The van der Waals surface area contributed by atoms with E-state index >= 15 is 0 Å². The van der Waals surface area contributed by atoms with Crippen LogP contribution in [-0.2, 0) is 6.18 Å². The quantitative estimate of drug-likeness (QED) is 0.906. The Balaban J connectivity index is 1.96. The first kappa shape index (κ1) is 14.2. The van der Waals surface area contributed by atoms with Gasteiger partial charge in [0.1, 0.15) is 0 Å². The van der Waals surface area contributed by atoms with Crippen molar-refractivity contribution in [1.82, 2.24) is 0 Å². The molecule has 2 aliphatic rings. The predicted molar refractivity (Wildman–Crippen MR) is 71.4 cm³/mol. The maximum absolute atomic E-state index is 13.2. The number of aromatic carboxylic acids is 1. The van der Waals surface area contributed by atoms with Crippen molar-refractivity contribution in [3.63, 3.8) is 0 Å². The average Bonchev–Trinajstić information content (AvgIpc) is 2.97. The smallest absolute Gasteiger partial charge is 0.418 e. The zero-order valence-electron chi connectivity index (χ0n) is 11.4. The molecule has 0 aromatic heterocycles. The lowest BCUT2D eigenvalue weighted by molar-refractivity contribution is -0.137. The summed E-state index contributed by atoms with van der Waals surface area (Å²) >= 11 is 0. The molecule has 1 saturated carbocycles. The van der Waals surface area contributed by atoms with Crippen molar-refractivity contribution >= 4 is 11.7 Å². The van der Waals surface area contributed by atoms with Crippen LogP contribution in [0.3, 0.4) is 0 Å². The van der Waals surface area contributed by atoms with Crippen LogP contribution in [0.25, 0.3) is 0 Å². The van der Waals surface area contributed by atoms with Gasteiger partial charge < -0.3 is 10.0 Å². The Bertz CT molecular complexity index is 559. The van der Waals surface area contributed by atoms with Gasteiger partial charge in [0.2, 0.25) is 0 Å². The summed E-state index contributed by atoms with van der Waals surface area (Å²) in [6.45, 7) is 1.28. The van der Waals surface area contributed by atoms with Crippen LogP contribution in [0.15, 0.2) is 18.2 Å². The normalized spacial score (nSPS) is 25.2. The molecule has 3 nitrogen and oxygen atoms in total. The van der Waals surface area contributed by atoms with Crippen molar-refractivity contribution in [2.75, 3.05) is 18.0 Å². The van der Waals surface area contributed by atoms with Crippen molar-refractivity contribution in [3.8, 4) is 0 Å². The molecule has 0 bridgehead atoms. The third kappa shape index (κ3) is 2.59. The number of hydrogen-bond donors (Lipinski definition) is 1. The van der Waals surface area contributed by atoms with Crippen LogP contribution >= 0.6 is 0 Å². The molecule has 2 unspecified atom stereocenters. The maximum atomic E-state index is 13.2. The number of nitrogens with zero attached hydrogens (tertiary/aromatic N) is 1. The summed E-state index contributed by atoms with van der Waals surface area (Å²) < 4.78 is 39.6. The first-order chi connectivity index (χ1) is 9.86. The number of halogens is 3. The molecule has 6 heteroatoms. The number of rotatable bonds is 2. The van der Waals surface area contributed by atoms with Crippen LogP contribution in [0, 0.1) is 11.8 Å². The van der Waals surface area contributed by atoms with E-state index < -0.39 is 17.7 Å². The van der Waals surface area contributed by atoms with Crippen molar-refractivity contribution in [1.29, 1.82) is 0 Å². The number of carboxylic acids is 1. The van der Waals surface area contributed by atoms with Gasteiger partial charge in [-0.05, 0) is 42.9 Å². The van der Waals surface area contributed by atoms with E-state index in [0.717, 1.165) is 25.3 Å². The second kappa shape index (κ2) is 4.93. The molecular weight excluding hydrogens is 283 g/mol. The number of alkyl halides is 3. The molecule has 0 radical (unpaired) electrons. The third-order valence-electron chi connectivity index (χ3n) is 4.62. The topological polar surface area (TPSA) is 40.5 Å². The molecule has 1 saturated heterocycles. The molecule has 114 valence electrons. The fourth-order valence-corrected chi connectivity index (χ4v) is 3.60. The van der Waals surface area contributed by atoms with E-state index in [1.54, 1.807) is 4.90 Å². The van der Waals surface area contributed by atoms with Gasteiger partial charge in [-0.2, -0.15) is 13.2 Å². The van der Waals surface area contributed by atoms with E-state index in [-0.39, 0.29) is 11.3 Å². The standard InChI is InChI=1S/C15H16F3NO2/c16-15(17,18)12-6-9(14(20)21)4-5-13(12)19-7-10-2-1-3-11(10)8-19/h4-6,10-11H,1-3,7-8H2,(H,20,21). The lowest BCUT2D eigenvalue weighted by Gasteiger charge is -2.24. The maximum Gasteiger partial charge on any atom is 0.418 e. The van der Waals surface area contributed by atoms with E-state index in [2.05, 4.69) is 0 Å². The van der Waals surface area contributed by atoms with Gasteiger partial charge in [0, 0.05) is 18.8 Å². The molecule has 1 N–H and O–H groups in total. The Morgan fingerprint density at radius 3 is 2.33 bits per heavy atom. The summed E-state index contributed by atoms with van der Waals surface area (Å²) in [5, 5.41) is 8.88. The minimum absolute atomic E-state index is 0.113. The third-order valence-corrected chi connectivity index (χ3v) is 4.62. The summed E-state index contributed by atoms with van der Waals surface area (Å²) in [6, 6.07) is 3.29. The number of hydrogen-bond acceptors (Lipinski definition) is 2. The van der Waals surface area contributed by atoms with Crippen LogP contribution in [0.5, 0.6) is 0 Å². The van der Waals surface area contributed by atoms with Gasteiger partial charge in [-0.1, -0.05) is 6.42 Å². The summed E-state index contributed by atoms with van der Waals surface area (Å²) in [4.78, 5) is 12.7. The minimum atomic E-state index is -4.54. The van der Waals surface area contributed by atoms with Crippen LogP contribution in [0.4, 0.5) is 18.9 Å². The lowest BCUT2D eigenvalue weighted by atomic mass is 10.0. The zero-order valence-corrected chi connectivity index (χ0v) is 11.4. The van der Waals surface area contributed by atoms with Gasteiger partial charge in [-0.25, -0.2) is 4.79 Å². The van der Waals surface area contributed by atoms with Gasteiger partial charge in [0.25, 0.3) is 0 Å². The van der Waals surface area contributed by atoms with Crippen LogP contribution in [-0.4, -0.2) is 24.2 Å². The molecule has 21 heavy (non-hydrogen) atoms. The van der Waals surface area contributed by atoms with Crippen LogP contribution in [0.2, 0.25) is 0 Å². The van der Waals surface area contributed by atoms with Crippen molar-refractivity contribution < 1.29 is 23.1 Å². The van der Waals surface area contributed by atoms with Crippen molar-refractivity contribution in [3.05, 3.63) is 29.3 Å². The Hall–Kier alpha value is -1.72. The van der Waals surface area contributed by atoms with Crippen LogP contribution in [0.1, 0.15) is 35.2 Å². The largest absolute Gasteiger partial charge is 0.478 e. The molecule has 1 aliphatic heterocycles. The SMILES string of the molecule is O=C(O)c1ccc(N2CC3CCCC3C2)c(C(F)(F)F)c1. The number of fused-ring (bicyclic) bond motifs is 1. The predicted octanol–water partition coefficient (Wildman–Crippen LogP) is 3.64. The molecule has 1 aromatic carbocycles. The summed E-state index contributed by atoms with van der Waals surface area (Å²) in [5.41, 5.74) is -1.06. The van der Waals surface area contributed by atoms with E-state index in [4.69, 9.17) is 5.11 Å². The van der Waals surface area contributed by atoms with Crippen molar-refractivity contribution in [2.45, 2.75) is 25.4 Å². The fourth-order valence-electron chi connectivity index (χ4n) is 3.60. The average molecular weight is 299 g/mol. The first-order valence-corrected chi connectivity index (χ1v) is 7.06. The summed E-state index contributed by atoms with van der Waals surface area (Å²) in [7, 11) is 0. The second-order valence-corrected chi connectivity index (χ2v) is 5.89. The molecule has 2 fully saturated rings. The molecule has 2 atom stereocenters. The van der Waals surface area contributed by atoms with E-state index in [0.29, 0.717) is 24.9 Å². The summed E-state index contributed by atoms with van der Waals surface area (Å²) in [5.74, 6) is -0.388. The molecule has 3 rings (SSSR count). The van der Waals surface area contributed by atoms with E-state index in [1.807, 2.05) is 0 Å². The highest BCUT2D eigenvalue weighted by Crippen LogP contribution is 2.43. The summed E-state index contributed by atoms with van der Waals surface area (Å²) in [6.07, 6.45) is -1.22. The number of carboxylic acid groups (broad SMARTS) is 1. The number of benzene rings is 1. The first-order valence-electron chi connectivity index (χ1n) is 7.06. The highest BCUT2D eigenvalue weighted by Gasteiger charge is 2.40. The zero-order chi connectivity index (χ0) is 15.2. The Morgan fingerprint density at radius 2 is 1.81 bits per heavy atom. The Kier molecular flexibility index (Phi) is 3.34. The Morgan fingerprint density at radius 1 is 1.19 bits per heavy atom. The van der Waals surface area contributed by atoms with Crippen LogP contribution < -0.4 is 4.90 Å². The highest BCUT2D eigenvalue weighted by atomic mass is 19.4. The van der Waals surface area contributed by atoms with E-state index in [9.17, 15) is 18.0 Å². The molecule has 0 spiro atoms. The second-order valence-electron chi connectivity index (χ2n) is 5.89. The van der Waals surface area contributed by atoms with Gasteiger partial charge in [-0.15, -0.1) is 0 Å². The van der Waals surface area contributed by atoms with Crippen molar-refractivity contribution in [2.24, 2.45) is 11.8 Å². The van der Waals surface area contributed by atoms with Gasteiger partial charge in [0.15, 0.2) is 0 Å². The lowest BCUT2D eigenvalue weighted by Crippen LogP contribution is -2.24. The van der Waals surface area contributed by atoms with Gasteiger partial charge in [0.05, 0.1) is 11.1 Å². The molecule has 1 aliphatic carbocycles. The molecule has 0 amide bonds. The molecular formula is C15H16F3NO2. The van der Waals surface area contributed by atoms with Gasteiger partial charge >= 0.3 is 12.1 Å². The highest BCUT2D eigenvalue weighted by molar-refractivity contribution is 5.88. The van der Waals surface area contributed by atoms with E-state index in [1.165, 1.54) is 12.1 Å². The fraction of sp³-hybridized carbons (Fsp3) is 0.533. The number of anilines is 1. The monoisotopic (exact) mass is 299 g/mol. The minimum Gasteiger partial charge on any atom is -0.478 e. The molecule has 1 aromatic rings. The number of carbonyl (C=O) groups is 1. The van der Waals surface area contributed by atoms with Gasteiger partial charge in [-0.3, -0.25) is 0 Å². The molecule has 1 heterocycles.